The predicted octanol–water partition coefficient (Wildman–Crippen LogP) is 5.25. The molecule has 2 amide bonds. The molecular weight excluding hydrogens is 488 g/mol. The van der Waals surface area contributed by atoms with Crippen molar-refractivity contribution in [3.8, 4) is 0 Å². The first kappa shape index (κ1) is 28.8. The molecule has 3 N–H and O–H groups in total. The van der Waals surface area contributed by atoms with Gasteiger partial charge in [0.1, 0.15) is 0 Å². The molecule has 1 saturated heterocycles. The van der Waals surface area contributed by atoms with Crippen LogP contribution in [0.1, 0.15) is 62.3 Å². The fraction of sp³-hybridized carbons (Fsp3) is 0.500. The average molecular weight is 533 g/mol. The lowest BCUT2D eigenvalue weighted by Gasteiger charge is -2.34. The number of para-hydroxylation sites is 1. The molecule has 4 rings (SSSR count). The van der Waals surface area contributed by atoms with Crippen molar-refractivity contribution in [3.05, 3.63) is 65.4 Å². The number of carbonyl (C=O) groups is 2. The SMILES string of the molecule is COCCCn1c(C2CCCN(C(=O)C[C@H](N)Cc3ccc(NC(=O)C(C)C)cc3)C2)c(C)c2ccccc21. The average Bonchev–Trinajstić information content (AvgIpc) is 3.21. The van der Waals surface area contributed by atoms with Crippen LogP contribution in [-0.2, 0) is 27.3 Å². The van der Waals surface area contributed by atoms with Gasteiger partial charge in [0.25, 0.3) is 0 Å². The minimum absolute atomic E-state index is 0.00424. The second kappa shape index (κ2) is 13.3. The number of fused-ring (bicyclic) bond motifs is 1. The minimum Gasteiger partial charge on any atom is -0.385 e. The summed E-state index contributed by atoms with van der Waals surface area (Å²) in [5.74, 6) is 0.368. The summed E-state index contributed by atoms with van der Waals surface area (Å²) in [6.07, 6.45) is 3.98. The van der Waals surface area contributed by atoms with Crippen LogP contribution in [0.5, 0.6) is 0 Å². The lowest BCUT2D eigenvalue weighted by Crippen LogP contribution is -2.42. The van der Waals surface area contributed by atoms with E-state index in [4.69, 9.17) is 10.5 Å². The van der Waals surface area contributed by atoms with Crippen molar-refractivity contribution in [2.45, 2.75) is 71.4 Å². The molecule has 39 heavy (non-hydrogen) atoms. The van der Waals surface area contributed by atoms with Gasteiger partial charge in [-0.05, 0) is 61.9 Å². The molecule has 0 saturated carbocycles. The number of aromatic nitrogens is 1. The largest absolute Gasteiger partial charge is 0.385 e. The van der Waals surface area contributed by atoms with Gasteiger partial charge in [-0.15, -0.1) is 0 Å². The Morgan fingerprint density at radius 1 is 1.13 bits per heavy atom. The zero-order valence-electron chi connectivity index (χ0n) is 23.9. The smallest absolute Gasteiger partial charge is 0.226 e. The van der Waals surface area contributed by atoms with E-state index < -0.39 is 0 Å². The third-order valence-electron chi connectivity index (χ3n) is 7.85. The van der Waals surface area contributed by atoms with Gasteiger partial charge in [0.05, 0.1) is 0 Å². The molecule has 2 heterocycles. The van der Waals surface area contributed by atoms with E-state index >= 15 is 0 Å². The number of ether oxygens (including phenoxy) is 1. The standard InChI is InChI=1S/C32H44N4O3/c1-22(2)32(38)34-27-14-12-24(13-15-27)19-26(33)20-30(37)35-16-7-9-25(21-35)31-23(3)28-10-5-6-11-29(28)36(31)17-8-18-39-4/h5-6,10-15,22,25-26H,7-9,16-21,33H2,1-4H3,(H,34,38)/t25?,26-/m1/s1. The van der Waals surface area contributed by atoms with Crippen molar-refractivity contribution in [1.29, 1.82) is 0 Å². The summed E-state index contributed by atoms with van der Waals surface area (Å²) in [5.41, 5.74) is 12.2. The van der Waals surface area contributed by atoms with Crippen molar-refractivity contribution >= 4 is 28.4 Å². The summed E-state index contributed by atoms with van der Waals surface area (Å²) < 4.78 is 7.79. The van der Waals surface area contributed by atoms with Crippen LogP contribution in [0, 0.1) is 12.8 Å². The summed E-state index contributed by atoms with van der Waals surface area (Å²) >= 11 is 0. The normalized spacial score (nSPS) is 16.6. The molecule has 3 aromatic rings. The van der Waals surface area contributed by atoms with Crippen molar-refractivity contribution in [3.63, 3.8) is 0 Å². The zero-order valence-corrected chi connectivity index (χ0v) is 23.9. The maximum Gasteiger partial charge on any atom is 0.226 e. The van der Waals surface area contributed by atoms with Gasteiger partial charge in [-0.2, -0.15) is 0 Å². The van der Waals surface area contributed by atoms with Crippen LogP contribution in [-0.4, -0.2) is 54.1 Å². The van der Waals surface area contributed by atoms with Gasteiger partial charge in [0.15, 0.2) is 0 Å². The highest BCUT2D eigenvalue weighted by Crippen LogP contribution is 2.36. The number of amides is 2. The summed E-state index contributed by atoms with van der Waals surface area (Å²) in [5, 5.41) is 4.20. The molecule has 0 bridgehead atoms. The van der Waals surface area contributed by atoms with Gasteiger partial charge in [0, 0.05) is 79.9 Å². The number of anilines is 1. The number of carbonyl (C=O) groups excluding carboxylic acids is 2. The summed E-state index contributed by atoms with van der Waals surface area (Å²) in [4.78, 5) is 27.3. The maximum absolute atomic E-state index is 13.3. The second-order valence-corrected chi connectivity index (χ2v) is 11.2. The molecule has 0 spiro atoms. The number of benzene rings is 2. The van der Waals surface area contributed by atoms with Crippen LogP contribution in [0.2, 0.25) is 0 Å². The summed E-state index contributed by atoms with van der Waals surface area (Å²) in [6, 6.07) is 16.1. The molecule has 0 radical (unpaired) electrons. The van der Waals surface area contributed by atoms with E-state index in [0.717, 1.165) is 56.8 Å². The van der Waals surface area contributed by atoms with E-state index in [1.165, 1.54) is 22.2 Å². The van der Waals surface area contributed by atoms with Crippen LogP contribution in [0.15, 0.2) is 48.5 Å². The van der Waals surface area contributed by atoms with E-state index in [1.807, 2.05) is 43.0 Å². The third-order valence-corrected chi connectivity index (χ3v) is 7.85. The van der Waals surface area contributed by atoms with E-state index in [-0.39, 0.29) is 23.8 Å². The van der Waals surface area contributed by atoms with Crippen molar-refractivity contribution in [1.82, 2.24) is 9.47 Å². The molecule has 2 aromatic carbocycles. The maximum atomic E-state index is 13.3. The van der Waals surface area contributed by atoms with Crippen molar-refractivity contribution in [2.24, 2.45) is 11.7 Å². The highest BCUT2D eigenvalue weighted by atomic mass is 16.5. The van der Waals surface area contributed by atoms with Gasteiger partial charge >= 0.3 is 0 Å². The first-order chi connectivity index (χ1) is 18.8. The molecule has 2 atom stereocenters. The molecule has 1 unspecified atom stereocenters. The van der Waals surface area contributed by atoms with E-state index in [0.29, 0.717) is 18.8 Å². The quantitative estimate of drug-likeness (QED) is 0.330. The molecule has 1 fully saturated rings. The van der Waals surface area contributed by atoms with Gasteiger partial charge in [0.2, 0.25) is 11.8 Å². The van der Waals surface area contributed by atoms with Gasteiger partial charge < -0.3 is 25.3 Å². The first-order valence-electron chi connectivity index (χ1n) is 14.3. The van der Waals surface area contributed by atoms with Crippen molar-refractivity contribution < 1.29 is 14.3 Å². The van der Waals surface area contributed by atoms with Crippen LogP contribution >= 0.6 is 0 Å². The fourth-order valence-electron chi connectivity index (χ4n) is 5.80. The summed E-state index contributed by atoms with van der Waals surface area (Å²) in [6.45, 7) is 9.12. The van der Waals surface area contributed by atoms with Gasteiger partial charge in [-0.3, -0.25) is 9.59 Å². The Labute approximate surface area is 232 Å². The monoisotopic (exact) mass is 532 g/mol. The zero-order chi connectivity index (χ0) is 27.9. The number of hydrogen-bond acceptors (Lipinski definition) is 4. The number of nitrogens with two attached hydrogens (primary N) is 1. The Kier molecular flexibility index (Phi) is 9.81. The molecular formula is C32H44N4O3. The molecule has 0 aliphatic carbocycles. The van der Waals surface area contributed by atoms with Gasteiger partial charge in [-0.1, -0.05) is 44.2 Å². The van der Waals surface area contributed by atoms with Crippen LogP contribution in [0.25, 0.3) is 10.9 Å². The highest BCUT2D eigenvalue weighted by molar-refractivity contribution is 5.92. The number of piperidine rings is 1. The molecule has 7 heteroatoms. The lowest BCUT2D eigenvalue weighted by molar-refractivity contribution is -0.132. The first-order valence-corrected chi connectivity index (χ1v) is 14.3. The van der Waals surface area contributed by atoms with Gasteiger partial charge in [-0.25, -0.2) is 0 Å². The van der Waals surface area contributed by atoms with Crippen LogP contribution < -0.4 is 11.1 Å². The minimum atomic E-state index is -0.254. The lowest BCUT2D eigenvalue weighted by atomic mass is 9.91. The molecule has 210 valence electrons. The van der Waals surface area contributed by atoms with Crippen LogP contribution in [0.3, 0.4) is 0 Å². The van der Waals surface area contributed by atoms with E-state index in [2.05, 4.69) is 41.1 Å². The number of aryl methyl sites for hydroxylation is 2. The fourth-order valence-corrected chi connectivity index (χ4v) is 5.80. The Balaban J connectivity index is 1.40. The molecule has 1 aromatic heterocycles. The van der Waals surface area contributed by atoms with Crippen LogP contribution in [0.4, 0.5) is 5.69 Å². The topological polar surface area (TPSA) is 89.6 Å². The van der Waals surface area contributed by atoms with Crippen molar-refractivity contribution in [2.75, 3.05) is 32.1 Å². The number of methoxy groups -OCH3 is 1. The number of likely N-dealkylation sites (tertiary alicyclic amines) is 1. The Morgan fingerprint density at radius 3 is 2.59 bits per heavy atom. The number of rotatable bonds is 11. The number of nitrogens with one attached hydrogen (secondary N) is 1. The third kappa shape index (κ3) is 7.08. The highest BCUT2D eigenvalue weighted by Gasteiger charge is 2.29. The Hall–Kier alpha value is -3.16. The summed E-state index contributed by atoms with van der Waals surface area (Å²) in [7, 11) is 1.75. The number of nitrogens with zero attached hydrogens (tertiary/aromatic N) is 2. The van der Waals surface area contributed by atoms with E-state index in [9.17, 15) is 9.59 Å². The molecule has 7 nitrogen and oxygen atoms in total. The Bertz CT molecular complexity index is 1260. The predicted molar refractivity (Wildman–Crippen MR) is 158 cm³/mol. The Morgan fingerprint density at radius 2 is 1.87 bits per heavy atom. The van der Waals surface area contributed by atoms with E-state index in [1.54, 1.807) is 7.11 Å². The molecule has 1 aliphatic heterocycles. The second-order valence-electron chi connectivity index (χ2n) is 11.2. The molecule has 1 aliphatic rings. The number of hydrogen-bond donors (Lipinski definition) is 2.